The van der Waals surface area contributed by atoms with E-state index in [0.29, 0.717) is 11.6 Å². The van der Waals surface area contributed by atoms with Gasteiger partial charge in [-0.1, -0.05) is 0 Å². The Kier molecular flexibility index (Phi) is 2.97. The van der Waals surface area contributed by atoms with Gasteiger partial charge in [0.05, 0.1) is 12.9 Å². The van der Waals surface area contributed by atoms with Crippen molar-refractivity contribution in [3.05, 3.63) is 24.8 Å². The molecular formula is C11H14N8. The maximum atomic E-state index is 4.38. The summed E-state index contributed by atoms with van der Waals surface area (Å²) in [6, 6.07) is 1.90. The monoisotopic (exact) mass is 258 g/mol. The van der Waals surface area contributed by atoms with Crippen LogP contribution in [-0.2, 0) is 6.54 Å². The zero-order valence-electron chi connectivity index (χ0n) is 10.5. The van der Waals surface area contributed by atoms with Gasteiger partial charge in [0.2, 0.25) is 5.95 Å². The number of H-pyrrole nitrogens is 1. The molecule has 0 bridgehead atoms. The molecule has 0 spiro atoms. The Morgan fingerprint density at radius 2 is 2.32 bits per heavy atom. The van der Waals surface area contributed by atoms with Crippen LogP contribution in [0.5, 0.6) is 0 Å². The highest BCUT2D eigenvalue weighted by atomic mass is 15.3. The summed E-state index contributed by atoms with van der Waals surface area (Å²) in [5.74, 6) is 1.28. The first-order valence-electron chi connectivity index (χ1n) is 5.97. The average molecular weight is 258 g/mol. The van der Waals surface area contributed by atoms with E-state index in [1.54, 1.807) is 19.6 Å². The Balaban J connectivity index is 1.77. The van der Waals surface area contributed by atoms with Crippen LogP contribution in [0.1, 0.15) is 0 Å². The minimum atomic E-state index is 0.543. The van der Waals surface area contributed by atoms with Crippen molar-refractivity contribution >= 4 is 22.9 Å². The van der Waals surface area contributed by atoms with Crippen LogP contribution in [0.4, 0.5) is 11.8 Å². The van der Waals surface area contributed by atoms with Gasteiger partial charge in [-0.25, -0.2) is 4.98 Å². The molecule has 3 heterocycles. The summed E-state index contributed by atoms with van der Waals surface area (Å²) in [6.45, 7) is 1.48. The van der Waals surface area contributed by atoms with Crippen LogP contribution in [0.15, 0.2) is 24.8 Å². The molecule has 0 radical (unpaired) electrons. The first-order chi connectivity index (χ1) is 9.36. The molecule has 0 fully saturated rings. The highest BCUT2D eigenvalue weighted by Crippen LogP contribution is 2.17. The third kappa shape index (κ3) is 2.32. The molecule has 8 nitrogen and oxygen atoms in total. The maximum absolute atomic E-state index is 4.38. The van der Waals surface area contributed by atoms with Crippen molar-refractivity contribution in [3.8, 4) is 0 Å². The number of anilines is 2. The van der Waals surface area contributed by atoms with E-state index in [-0.39, 0.29) is 0 Å². The Bertz CT molecular complexity index is 656. The minimum Gasteiger partial charge on any atom is -0.366 e. The smallest absolute Gasteiger partial charge is 0.226 e. The van der Waals surface area contributed by atoms with E-state index >= 15 is 0 Å². The molecule has 0 atom stereocenters. The van der Waals surface area contributed by atoms with Gasteiger partial charge in [0.1, 0.15) is 5.52 Å². The van der Waals surface area contributed by atoms with Crippen molar-refractivity contribution in [3.63, 3.8) is 0 Å². The third-order valence-electron chi connectivity index (χ3n) is 2.70. The van der Waals surface area contributed by atoms with Gasteiger partial charge in [-0.05, 0) is 6.07 Å². The normalized spacial score (nSPS) is 10.8. The molecule has 0 aliphatic heterocycles. The second kappa shape index (κ2) is 4.92. The van der Waals surface area contributed by atoms with Crippen molar-refractivity contribution in [1.82, 2.24) is 29.7 Å². The zero-order valence-corrected chi connectivity index (χ0v) is 10.5. The minimum absolute atomic E-state index is 0.543. The number of rotatable bonds is 5. The average Bonchev–Trinajstić information content (AvgIpc) is 3.08. The highest BCUT2D eigenvalue weighted by molar-refractivity contribution is 5.83. The molecule has 0 saturated heterocycles. The quantitative estimate of drug-likeness (QED) is 0.623. The number of fused-ring (bicyclic) bond motifs is 1. The lowest BCUT2D eigenvalue weighted by Crippen LogP contribution is -2.12. The van der Waals surface area contributed by atoms with E-state index < -0.39 is 0 Å². The Hall–Kier alpha value is -2.64. The van der Waals surface area contributed by atoms with Gasteiger partial charge in [0.15, 0.2) is 11.5 Å². The molecule has 3 aromatic rings. The van der Waals surface area contributed by atoms with Crippen LogP contribution in [-0.4, -0.2) is 43.3 Å². The predicted octanol–water partition coefficient (Wildman–Crippen LogP) is 0.703. The molecule has 3 N–H and O–H groups in total. The van der Waals surface area contributed by atoms with Gasteiger partial charge < -0.3 is 15.6 Å². The first-order valence-corrected chi connectivity index (χ1v) is 5.97. The Morgan fingerprint density at radius 3 is 3.11 bits per heavy atom. The van der Waals surface area contributed by atoms with Gasteiger partial charge in [0.25, 0.3) is 0 Å². The van der Waals surface area contributed by atoms with Crippen molar-refractivity contribution in [2.45, 2.75) is 6.54 Å². The number of aromatic amines is 1. The summed E-state index contributed by atoms with van der Waals surface area (Å²) in [7, 11) is 1.78. The molecular weight excluding hydrogens is 244 g/mol. The van der Waals surface area contributed by atoms with E-state index in [1.807, 2.05) is 16.9 Å². The molecule has 19 heavy (non-hydrogen) atoms. The molecule has 0 aromatic carbocycles. The standard InChI is InChI=1S/C11H14N8/c1-12-11-17-9(8-10(18-11)15-7-14-8)13-4-6-19-5-2-3-16-19/h2-3,5,7H,4,6H2,1H3,(H3,12,13,14,15,17,18). The number of hydrogen-bond acceptors (Lipinski definition) is 6. The molecule has 0 saturated carbocycles. The lowest BCUT2D eigenvalue weighted by atomic mass is 10.4. The fourth-order valence-electron chi connectivity index (χ4n) is 1.79. The molecule has 98 valence electrons. The van der Waals surface area contributed by atoms with E-state index in [2.05, 4.69) is 35.7 Å². The molecule has 0 unspecified atom stereocenters. The van der Waals surface area contributed by atoms with E-state index in [9.17, 15) is 0 Å². The van der Waals surface area contributed by atoms with E-state index in [1.165, 1.54) is 0 Å². The van der Waals surface area contributed by atoms with Crippen molar-refractivity contribution in [1.29, 1.82) is 0 Å². The second-order valence-corrected chi connectivity index (χ2v) is 3.94. The topological polar surface area (TPSA) is 96.3 Å². The van der Waals surface area contributed by atoms with Crippen LogP contribution in [0.3, 0.4) is 0 Å². The lowest BCUT2D eigenvalue weighted by molar-refractivity contribution is 0.637. The largest absolute Gasteiger partial charge is 0.366 e. The maximum Gasteiger partial charge on any atom is 0.226 e. The summed E-state index contributed by atoms with van der Waals surface area (Å²) in [6.07, 6.45) is 5.29. The molecule has 0 amide bonds. The summed E-state index contributed by atoms with van der Waals surface area (Å²) in [4.78, 5) is 15.8. The van der Waals surface area contributed by atoms with Gasteiger partial charge in [0, 0.05) is 26.0 Å². The second-order valence-electron chi connectivity index (χ2n) is 3.94. The molecule has 0 aliphatic rings. The van der Waals surface area contributed by atoms with Crippen LogP contribution in [0.25, 0.3) is 11.2 Å². The SMILES string of the molecule is CNc1nc(NCCn2cccn2)c2[nH]cnc2n1. The molecule has 3 rings (SSSR count). The molecule has 0 aliphatic carbocycles. The van der Waals surface area contributed by atoms with E-state index in [0.717, 1.165) is 24.4 Å². The first kappa shape index (κ1) is 11.5. The third-order valence-corrected chi connectivity index (χ3v) is 2.70. The van der Waals surface area contributed by atoms with Crippen LogP contribution in [0.2, 0.25) is 0 Å². The highest BCUT2D eigenvalue weighted by Gasteiger charge is 2.08. The fourth-order valence-corrected chi connectivity index (χ4v) is 1.79. The number of nitrogens with zero attached hydrogens (tertiary/aromatic N) is 5. The molecule has 8 heteroatoms. The van der Waals surface area contributed by atoms with Crippen molar-refractivity contribution in [2.75, 3.05) is 24.2 Å². The van der Waals surface area contributed by atoms with Gasteiger partial charge in [-0.2, -0.15) is 15.1 Å². The summed E-state index contributed by atoms with van der Waals surface area (Å²) < 4.78 is 1.86. The number of hydrogen-bond donors (Lipinski definition) is 3. The number of aromatic nitrogens is 6. The van der Waals surface area contributed by atoms with Crippen LogP contribution >= 0.6 is 0 Å². The van der Waals surface area contributed by atoms with Crippen molar-refractivity contribution in [2.24, 2.45) is 0 Å². The van der Waals surface area contributed by atoms with Gasteiger partial charge in [-0.15, -0.1) is 0 Å². The van der Waals surface area contributed by atoms with Gasteiger partial charge >= 0.3 is 0 Å². The zero-order chi connectivity index (χ0) is 13.1. The molecule has 3 aromatic heterocycles. The predicted molar refractivity (Wildman–Crippen MR) is 71.9 cm³/mol. The summed E-state index contributed by atoms with van der Waals surface area (Å²) >= 11 is 0. The Labute approximate surface area is 109 Å². The van der Waals surface area contributed by atoms with Crippen molar-refractivity contribution < 1.29 is 0 Å². The number of nitrogens with one attached hydrogen (secondary N) is 3. The van der Waals surface area contributed by atoms with Crippen LogP contribution in [0, 0.1) is 0 Å². The van der Waals surface area contributed by atoms with E-state index in [4.69, 9.17) is 0 Å². The van der Waals surface area contributed by atoms with Gasteiger partial charge in [-0.3, -0.25) is 4.68 Å². The Morgan fingerprint density at radius 1 is 1.37 bits per heavy atom. The number of imidazole rings is 1. The summed E-state index contributed by atoms with van der Waals surface area (Å²) in [5.41, 5.74) is 1.44. The van der Waals surface area contributed by atoms with Crippen LogP contribution < -0.4 is 10.6 Å². The lowest BCUT2D eigenvalue weighted by Gasteiger charge is -2.08. The summed E-state index contributed by atoms with van der Waals surface area (Å²) in [5, 5.41) is 10.3. The fraction of sp³-hybridized carbons (Fsp3) is 0.273.